The Kier molecular flexibility index (Phi) is 3.85. The normalized spacial score (nSPS) is 24.3. The fourth-order valence-electron chi connectivity index (χ4n) is 3.70. The molecule has 1 N–H and O–H groups in total. The lowest BCUT2D eigenvalue weighted by Crippen LogP contribution is -2.31. The lowest BCUT2D eigenvalue weighted by atomic mass is 9.91. The Morgan fingerprint density at radius 3 is 2.71 bits per heavy atom. The highest BCUT2D eigenvalue weighted by Crippen LogP contribution is 2.40. The van der Waals surface area contributed by atoms with Crippen molar-refractivity contribution < 1.29 is 0 Å². The molecular weight excluding hydrogens is 258 g/mol. The third-order valence-corrected chi connectivity index (χ3v) is 4.63. The van der Waals surface area contributed by atoms with E-state index in [1.54, 1.807) is 0 Å². The zero-order valence-corrected chi connectivity index (χ0v) is 13.2. The van der Waals surface area contributed by atoms with Crippen LogP contribution in [-0.2, 0) is 6.54 Å². The summed E-state index contributed by atoms with van der Waals surface area (Å²) in [5.74, 6) is 0.747. The van der Waals surface area contributed by atoms with Gasteiger partial charge in [0, 0.05) is 25.0 Å². The maximum absolute atomic E-state index is 4.35. The standard InChI is InChI=1S/C18H25N3/c1-14-11-18(2,3)12-16(14)19-13-15-7-4-5-8-17(15)21-10-6-9-20-21/h4-10,14,16,19H,11-13H2,1-3H3. The van der Waals surface area contributed by atoms with Gasteiger partial charge in [-0.15, -0.1) is 0 Å². The maximum atomic E-state index is 4.35. The van der Waals surface area contributed by atoms with Crippen LogP contribution in [0.5, 0.6) is 0 Å². The summed E-state index contributed by atoms with van der Waals surface area (Å²) in [5.41, 5.74) is 2.94. The Labute approximate surface area is 127 Å². The van der Waals surface area contributed by atoms with E-state index >= 15 is 0 Å². The summed E-state index contributed by atoms with van der Waals surface area (Å²) in [6.07, 6.45) is 6.40. The quantitative estimate of drug-likeness (QED) is 0.925. The van der Waals surface area contributed by atoms with Crippen molar-refractivity contribution >= 4 is 0 Å². The van der Waals surface area contributed by atoms with Gasteiger partial charge in [-0.25, -0.2) is 4.68 Å². The summed E-state index contributed by atoms with van der Waals surface area (Å²) < 4.78 is 1.94. The van der Waals surface area contributed by atoms with Gasteiger partial charge in [0.25, 0.3) is 0 Å². The van der Waals surface area contributed by atoms with Crippen molar-refractivity contribution in [3.8, 4) is 5.69 Å². The van der Waals surface area contributed by atoms with Crippen molar-refractivity contribution in [1.82, 2.24) is 15.1 Å². The van der Waals surface area contributed by atoms with E-state index in [-0.39, 0.29) is 0 Å². The number of hydrogen-bond acceptors (Lipinski definition) is 2. The first-order chi connectivity index (χ1) is 10.1. The summed E-state index contributed by atoms with van der Waals surface area (Å²) in [4.78, 5) is 0. The topological polar surface area (TPSA) is 29.9 Å². The Balaban J connectivity index is 1.72. The fraction of sp³-hybridized carbons (Fsp3) is 0.500. The second-order valence-corrected chi connectivity index (χ2v) is 7.12. The van der Waals surface area contributed by atoms with E-state index in [2.05, 4.69) is 55.5 Å². The molecule has 2 unspecified atom stereocenters. The number of rotatable bonds is 4. The first-order valence-corrected chi connectivity index (χ1v) is 7.86. The predicted octanol–water partition coefficient (Wildman–Crippen LogP) is 3.79. The van der Waals surface area contributed by atoms with Crippen LogP contribution in [-0.4, -0.2) is 15.8 Å². The van der Waals surface area contributed by atoms with Crippen LogP contribution in [0.25, 0.3) is 5.69 Å². The maximum Gasteiger partial charge on any atom is 0.0690 e. The van der Waals surface area contributed by atoms with Gasteiger partial charge in [-0.1, -0.05) is 39.0 Å². The van der Waals surface area contributed by atoms with Gasteiger partial charge < -0.3 is 5.32 Å². The molecule has 2 atom stereocenters. The fourth-order valence-corrected chi connectivity index (χ4v) is 3.70. The van der Waals surface area contributed by atoms with Gasteiger partial charge in [-0.3, -0.25) is 0 Å². The van der Waals surface area contributed by atoms with E-state index in [0.717, 1.165) is 12.5 Å². The summed E-state index contributed by atoms with van der Waals surface area (Å²) >= 11 is 0. The molecule has 1 heterocycles. The average molecular weight is 283 g/mol. The molecule has 0 amide bonds. The highest BCUT2D eigenvalue weighted by atomic mass is 15.3. The number of nitrogens with one attached hydrogen (secondary N) is 1. The van der Waals surface area contributed by atoms with Crippen LogP contribution in [0.2, 0.25) is 0 Å². The molecule has 0 aliphatic heterocycles. The van der Waals surface area contributed by atoms with Gasteiger partial charge in [0.05, 0.1) is 5.69 Å². The molecular formula is C18H25N3. The Morgan fingerprint density at radius 1 is 1.24 bits per heavy atom. The van der Waals surface area contributed by atoms with E-state index in [1.165, 1.54) is 24.1 Å². The molecule has 1 fully saturated rings. The molecule has 112 valence electrons. The smallest absolute Gasteiger partial charge is 0.0690 e. The summed E-state index contributed by atoms with van der Waals surface area (Å²) in [6, 6.07) is 11.1. The van der Waals surface area contributed by atoms with Gasteiger partial charge >= 0.3 is 0 Å². The molecule has 1 aliphatic rings. The molecule has 1 saturated carbocycles. The first-order valence-electron chi connectivity index (χ1n) is 7.86. The van der Waals surface area contributed by atoms with E-state index in [9.17, 15) is 0 Å². The van der Waals surface area contributed by atoms with Gasteiger partial charge in [0.2, 0.25) is 0 Å². The second-order valence-electron chi connectivity index (χ2n) is 7.12. The van der Waals surface area contributed by atoms with Gasteiger partial charge in [0.1, 0.15) is 0 Å². The molecule has 0 radical (unpaired) electrons. The van der Waals surface area contributed by atoms with Crippen molar-refractivity contribution in [2.45, 2.75) is 46.2 Å². The van der Waals surface area contributed by atoms with E-state index < -0.39 is 0 Å². The first kappa shape index (κ1) is 14.3. The molecule has 3 rings (SSSR count). The molecule has 3 nitrogen and oxygen atoms in total. The summed E-state index contributed by atoms with van der Waals surface area (Å²) in [7, 11) is 0. The lowest BCUT2D eigenvalue weighted by Gasteiger charge is -2.19. The molecule has 1 aliphatic carbocycles. The van der Waals surface area contributed by atoms with E-state index in [4.69, 9.17) is 0 Å². The molecule has 0 bridgehead atoms. The van der Waals surface area contributed by atoms with E-state index in [1.807, 2.05) is 23.1 Å². The van der Waals surface area contributed by atoms with Crippen LogP contribution in [0, 0.1) is 11.3 Å². The number of para-hydroxylation sites is 1. The third kappa shape index (κ3) is 3.18. The average Bonchev–Trinajstić information content (AvgIpc) is 3.04. The SMILES string of the molecule is CC1CC(C)(C)CC1NCc1ccccc1-n1cccn1. The highest BCUT2D eigenvalue weighted by molar-refractivity contribution is 5.40. The predicted molar refractivity (Wildman–Crippen MR) is 86.4 cm³/mol. The van der Waals surface area contributed by atoms with Crippen molar-refractivity contribution in [3.63, 3.8) is 0 Å². The second kappa shape index (κ2) is 5.64. The zero-order valence-electron chi connectivity index (χ0n) is 13.2. The molecule has 0 spiro atoms. The van der Waals surface area contributed by atoms with Gasteiger partial charge in [-0.2, -0.15) is 5.10 Å². The van der Waals surface area contributed by atoms with Crippen LogP contribution < -0.4 is 5.32 Å². The largest absolute Gasteiger partial charge is 0.310 e. The Hall–Kier alpha value is -1.61. The minimum atomic E-state index is 0.471. The molecule has 2 aromatic rings. The molecule has 0 saturated heterocycles. The number of nitrogens with zero attached hydrogens (tertiary/aromatic N) is 2. The summed E-state index contributed by atoms with van der Waals surface area (Å²) in [5, 5.41) is 8.12. The van der Waals surface area contributed by atoms with Crippen LogP contribution in [0.15, 0.2) is 42.7 Å². The number of hydrogen-bond donors (Lipinski definition) is 1. The molecule has 21 heavy (non-hydrogen) atoms. The third-order valence-electron chi connectivity index (χ3n) is 4.63. The van der Waals surface area contributed by atoms with Crippen molar-refractivity contribution in [1.29, 1.82) is 0 Å². The zero-order chi connectivity index (χ0) is 14.9. The van der Waals surface area contributed by atoms with Gasteiger partial charge in [-0.05, 0) is 41.9 Å². The minimum Gasteiger partial charge on any atom is -0.310 e. The van der Waals surface area contributed by atoms with E-state index in [0.29, 0.717) is 11.5 Å². The Bertz CT molecular complexity index is 586. The van der Waals surface area contributed by atoms with Gasteiger partial charge in [0.15, 0.2) is 0 Å². The van der Waals surface area contributed by atoms with Crippen LogP contribution in [0.3, 0.4) is 0 Å². The van der Waals surface area contributed by atoms with Crippen molar-refractivity contribution in [2.24, 2.45) is 11.3 Å². The monoisotopic (exact) mass is 283 g/mol. The van der Waals surface area contributed by atoms with Crippen LogP contribution >= 0.6 is 0 Å². The minimum absolute atomic E-state index is 0.471. The van der Waals surface area contributed by atoms with Crippen LogP contribution in [0.4, 0.5) is 0 Å². The Morgan fingerprint density at radius 2 is 2.05 bits per heavy atom. The van der Waals surface area contributed by atoms with Crippen molar-refractivity contribution in [2.75, 3.05) is 0 Å². The number of benzene rings is 1. The highest BCUT2D eigenvalue weighted by Gasteiger charge is 2.36. The van der Waals surface area contributed by atoms with Crippen molar-refractivity contribution in [3.05, 3.63) is 48.3 Å². The summed E-state index contributed by atoms with van der Waals surface area (Å²) in [6.45, 7) is 8.03. The molecule has 1 aromatic heterocycles. The molecule has 3 heteroatoms. The molecule has 1 aromatic carbocycles. The lowest BCUT2D eigenvalue weighted by molar-refractivity contribution is 0.362. The number of aromatic nitrogens is 2. The van der Waals surface area contributed by atoms with Crippen LogP contribution in [0.1, 0.15) is 39.2 Å².